The van der Waals surface area contributed by atoms with Crippen molar-refractivity contribution in [1.29, 1.82) is 0 Å². The molecule has 4 rings (SSSR count). The molecule has 2 N–H and O–H groups in total. The van der Waals surface area contributed by atoms with E-state index in [0.29, 0.717) is 47.4 Å². The van der Waals surface area contributed by atoms with Gasteiger partial charge in [0.1, 0.15) is 22.1 Å². The maximum atomic E-state index is 11.5. The van der Waals surface area contributed by atoms with Crippen molar-refractivity contribution in [3.63, 3.8) is 0 Å². The number of carbonyl (C=O) groups is 2. The summed E-state index contributed by atoms with van der Waals surface area (Å²) in [6.07, 6.45) is 12.2. The molecular formula is C22H32ClN5O4. The Morgan fingerprint density at radius 1 is 0.906 bits per heavy atom. The molecule has 32 heavy (non-hydrogen) atoms. The van der Waals surface area contributed by atoms with Crippen LogP contribution in [0.3, 0.4) is 0 Å². The van der Waals surface area contributed by atoms with Crippen LogP contribution in [0.15, 0.2) is 12.4 Å². The van der Waals surface area contributed by atoms with Gasteiger partial charge < -0.3 is 15.2 Å². The van der Waals surface area contributed by atoms with Gasteiger partial charge in [0.2, 0.25) is 0 Å². The van der Waals surface area contributed by atoms with Gasteiger partial charge in [-0.25, -0.2) is 14.3 Å². The molecule has 0 unspecified atom stereocenters. The molecule has 2 aromatic heterocycles. The number of halogens is 1. The minimum atomic E-state index is -0.392. The molecule has 0 saturated heterocycles. The SMILES string of the molecule is CCOC(=O)c1cnn(C2CCCC2)c1Cl.CCOC(=O)c1cnn(C2CCCC2)c1N. The summed E-state index contributed by atoms with van der Waals surface area (Å²) < 4.78 is 13.3. The zero-order valence-corrected chi connectivity index (χ0v) is 19.5. The highest BCUT2D eigenvalue weighted by molar-refractivity contribution is 6.32. The molecule has 0 atom stereocenters. The number of esters is 2. The van der Waals surface area contributed by atoms with Gasteiger partial charge in [0, 0.05) is 0 Å². The summed E-state index contributed by atoms with van der Waals surface area (Å²) in [5.41, 5.74) is 6.67. The summed E-state index contributed by atoms with van der Waals surface area (Å²) >= 11 is 6.13. The Morgan fingerprint density at radius 2 is 1.34 bits per heavy atom. The van der Waals surface area contributed by atoms with Gasteiger partial charge in [-0.1, -0.05) is 37.3 Å². The molecule has 0 bridgehead atoms. The second-order valence-electron chi connectivity index (χ2n) is 8.00. The van der Waals surface area contributed by atoms with Crippen molar-refractivity contribution >= 4 is 29.4 Å². The fourth-order valence-electron chi connectivity index (χ4n) is 4.27. The summed E-state index contributed by atoms with van der Waals surface area (Å²) in [6.45, 7) is 4.25. The standard InChI is InChI=1S/C11H15ClN2O2.C11H17N3O2/c2*1-2-16-11(15)9-7-13-14(10(9)12)8-5-3-4-6-8/h7-8H,2-6H2,1H3;7-8H,2-6,12H2,1H3. The first-order valence-electron chi connectivity index (χ1n) is 11.4. The van der Waals surface area contributed by atoms with Crippen LogP contribution in [0, 0.1) is 0 Å². The highest BCUT2D eigenvalue weighted by Crippen LogP contribution is 2.33. The van der Waals surface area contributed by atoms with Crippen molar-refractivity contribution in [3.8, 4) is 0 Å². The minimum absolute atomic E-state index is 0.343. The number of nitrogen functional groups attached to an aromatic ring is 1. The lowest BCUT2D eigenvalue weighted by molar-refractivity contribution is 0.0517. The number of hydrogen-bond acceptors (Lipinski definition) is 7. The molecule has 2 aliphatic carbocycles. The maximum Gasteiger partial charge on any atom is 0.343 e. The average molecular weight is 466 g/mol. The molecule has 0 amide bonds. The van der Waals surface area contributed by atoms with Crippen molar-refractivity contribution in [1.82, 2.24) is 19.6 Å². The van der Waals surface area contributed by atoms with Gasteiger partial charge in [-0.3, -0.25) is 4.68 Å². The quantitative estimate of drug-likeness (QED) is 0.620. The van der Waals surface area contributed by atoms with E-state index in [1.165, 1.54) is 38.1 Å². The number of hydrogen-bond donors (Lipinski definition) is 1. The lowest BCUT2D eigenvalue weighted by Crippen LogP contribution is -2.12. The second kappa shape index (κ2) is 11.4. The predicted octanol–water partition coefficient (Wildman–Crippen LogP) is 4.59. The monoisotopic (exact) mass is 465 g/mol. The van der Waals surface area contributed by atoms with Gasteiger partial charge >= 0.3 is 11.9 Å². The van der Waals surface area contributed by atoms with Crippen molar-refractivity contribution < 1.29 is 19.1 Å². The molecule has 10 heteroatoms. The van der Waals surface area contributed by atoms with Gasteiger partial charge in [0.25, 0.3) is 0 Å². The molecule has 176 valence electrons. The van der Waals surface area contributed by atoms with Crippen LogP contribution in [-0.4, -0.2) is 44.7 Å². The van der Waals surface area contributed by atoms with E-state index in [2.05, 4.69) is 10.2 Å². The average Bonchev–Trinajstić information content (AvgIpc) is 3.56. The Kier molecular flexibility index (Phi) is 8.55. The third-order valence-electron chi connectivity index (χ3n) is 5.90. The number of ether oxygens (including phenoxy) is 2. The predicted molar refractivity (Wildman–Crippen MR) is 121 cm³/mol. The smallest absolute Gasteiger partial charge is 0.343 e. The molecule has 2 fully saturated rings. The highest BCUT2D eigenvalue weighted by atomic mass is 35.5. The summed E-state index contributed by atoms with van der Waals surface area (Å²) in [4.78, 5) is 23.1. The Morgan fingerprint density at radius 3 is 1.88 bits per heavy atom. The molecule has 2 aliphatic rings. The van der Waals surface area contributed by atoms with Crippen molar-refractivity contribution in [3.05, 3.63) is 28.7 Å². The summed E-state index contributed by atoms with van der Waals surface area (Å²) in [7, 11) is 0. The van der Waals surface area contributed by atoms with E-state index in [1.54, 1.807) is 23.2 Å². The van der Waals surface area contributed by atoms with Gasteiger partial charge in [0.05, 0.1) is 37.7 Å². The molecule has 0 spiro atoms. The summed E-state index contributed by atoms with van der Waals surface area (Å²) in [5, 5.41) is 8.78. The van der Waals surface area contributed by atoms with Gasteiger partial charge in [-0.05, 0) is 39.5 Å². The van der Waals surface area contributed by atoms with E-state index in [1.807, 2.05) is 0 Å². The van der Waals surface area contributed by atoms with Crippen LogP contribution in [0.25, 0.3) is 0 Å². The van der Waals surface area contributed by atoms with E-state index in [4.69, 9.17) is 26.8 Å². The first kappa shape index (κ1) is 24.1. The normalized spacial score (nSPS) is 16.6. The van der Waals surface area contributed by atoms with Gasteiger partial charge in [0.15, 0.2) is 0 Å². The van der Waals surface area contributed by atoms with Gasteiger partial charge in [-0.15, -0.1) is 0 Å². The lowest BCUT2D eigenvalue weighted by Gasteiger charge is -2.11. The summed E-state index contributed by atoms with van der Waals surface area (Å²) in [6, 6.07) is 0.693. The Hall–Kier alpha value is -2.55. The third kappa shape index (κ3) is 5.43. The van der Waals surface area contributed by atoms with Crippen LogP contribution < -0.4 is 5.73 Å². The lowest BCUT2D eigenvalue weighted by atomic mass is 10.2. The number of aromatic nitrogens is 4. The molecule has 2 heterocycles. The number of nitrogens with two attached hydrogens (primary N) is 1. The Bertz CT molecular complexity index is 839. The second-order valence-corrected chi connectivity index (χ2v) is 8.36. The number of anilines is 1. The molecule has 9 nitrogen and oxygen atoms in total. The molecule has 2 aromatic rings. The zero-order valence-electron chi connectivity index (χ0n) is 18.8. The van der Waals surface area contributed by atoms with Crippen molar-refractivity contribution in [2.24, 2.45) is 0 Å². The number of nitrogens with zero attached hydrogens (tertiary/aromatic N) is 4. The van der Waals surface area contributed by atoms with Crippen molar-refractivity contribution in [2.75, 3.05) is 18.9 Å². The van der Waals surface area contributed by atoms with Crippen molar-refractivity contribution in [2.45, 2.75) is 77.3 Å². The summed E-state index contributed by atoms with van der Waals surface area (Å²) in [5.74, 6) is -0.341. The molecule has 0 radical (unpaired) electrons. The highest BCUT2D eigenvalue weighted by Gasteiger charge is 2.25. The number of carbonyl (C=O) groups excluding carboxylic acids is 2. The fourth-order valence-corrected chi connectivity index (χ4v) is 4.58. The van der Waals surface area contributed by atoms with Crippen LogP contribution >= 0.6 is 11.6 Å². The van der Waals surface area contributed by atoms with Crippen LogP contribution in [-0.2, 0) is 9.47 Å². The van der Waals surface area contributed by atoms with Crippen LogP contribution in [0.2, 0.25) is 5.15 Å². The zero-order chi connectivity index (χ0) is 23.1. The first-order valence-corrected chi connectivity index (χ1v) is 11.8. The van der Waals surface area contributed by atoms with E-state index in [9.17, 15) is 9.59 Å². The molecule has 2 saturated carbocycles. The van der Waals surface area contributed by atoms with Crippen LogP contribution in [0.1, 0.15) is 98.0 Å². The first-order chi connectivity index (χ1) is 15.5. The van der Waals surface area contributed by atoms with E-state index in [0.717, 1.165) is 25.7 Å². The number of rotatable bonds is 6. The van der Waals surface area contributed by atoms with Gasteiger partial charge in [-0.2, -0.15) is 10.2 Å². The third-order valence-corrected chi connectivity index (χ3v) is 6.28. The van der Waals surface area contributed by atoms with E-state index < -0.39 is 5.97 Å². The topological polar surface area (TPSA) is 114 Å². The van der Waals surface area contributed by atoms with E-state index >= 15 is 0 Å². The van der Waals surface area contributed by atoms with Crippen LogP contribution in [0.5, 0.6) is 0 Å². The minimum Gasteiger partial charge on any atom is -0.462 e. The maximum absolute atomic E-state index is 11.5. The largest absolute Gasteiger partial charge is 0.462 e. The molecular weight excluding hydrogens is 434 g/mol. The Labute approximate surface area is 193 Å². The molecule has 0 aliphatic heterocycles. The Balaban J connectivity index is 0.000000181. The van der Waals surface area contributed by atoms with E-state index in [-0.39, 0.29) is 5.97 Å². The molecule has 0 aromatic carbocycles. The van der Waals surface area contributed by atoms with Crippen LogP contribution in [0.4, 0.5) is 5.82 Å². The fraction of sp³-hybridized carbons (Fsp3) is 0.636.